The lowest BCUT2D eigenvalue weighted by atomic mass is 9.95. The number of hydrazone groups is 1. The van der Waals surface area contributed by atoms with Crippen LogP contribution in [0, 0.1) is 10.1 Å². The number of urea groups is 1. The van der Waals surface area contributed by atoms with Gasteiger partial charge in [0.2, 0.25) is 5.75 Å². The second-order valence-corrected chi connectivity index (χ2v) is 8.95. The van der Waals surface area contributed by atoms with Crippen LogP contribution in [0.2, 0.25) is 0 Å². The molecule has 1 heterocycles. The lowest BCUT2D eigenvalue weighted by Crippen LogP contribution is -2.45. The van der Waals surface area contributed by atoms with Gasteiger partial charge < -0.3 is 35.1 Å². The number of allylic oxidation sites excluding steroid dienone is 1. The number of esters is 1. The van der Waals surface area contributed by atoms with Crippen molar-refractivity contribution in [3.05, 3.63) is 67.3 Å². The average molecular weight is 608 g/mol. The van der Waals surface area contributed by atoms with E-state index < -0.39 is 40.6 Å². The number of nitrogens with zero attached hydrogens (tertiary/aromatic N) is 2. The van der Waals surface area contributed by atoms with Crippen molar-refractivity contribution in [1.29, 1.82) is 0 Å². The monoisotopic (exact) mass is 607 g/mol. The minimum absolute atomic E-state index is 0.0477. The largest absolute Gasteiger partial charge is 0.502 e. The minimum Gasteiger partial charge on any atom is -0.502 e. The maximum absolute atomic E-state index is 12.4. The van der Waals surface area contributed by atoms with Gasteiger partial charge in [0.15, 0.2) is 17.7 Å². The molecule has 2 atom stereocenters. The molecule has 1 aliphatic rings. The van der Waals surface area contributed by atoms with E-state index >= 15 is 0 Å². The highest BCUT2D eigenvalue weighted by molar-refractivity contribution is 9.10. The van der Waals surface area contributed by atoms with Crippen LogP contribution in [0.5, 0.6) is 17.2 Å². The summed E-state index contributed by atoms with van der Waals surface area (Å²) in [4.78, 5) is 34.8. The number of hydrogen-bond acceptors (Lipinski definition) is 11. The lowest BCUT2D eigenvalue weighted by molar-refractivity contribution is -0.385. The van der Waals surface area contributed by atoms with E-state index in [9.17, 15) is 29.9 Å². The number of phenolic OH excluding ortho intramolecular Hbond substituents is 1. The number of carbonyl (C=O) groups is 2. The van der Waals surface area contributed by atoms with Crippen molar-refractivity contribution in [2.75, 3.05) is 20.3 Å². The molecule has 3 rings (SSSR count). The zero-order chi connectivity index (χ0) is 28.7. The zero-order valence-electron chi connectivity index (χ0n) is 21.1. The third-order valence-corrected chi connectivity index (χ3v) is 5.84. The van der Waals surface area contributed by atoms with Gasteiger partial charge in [-0.3, -0.25) is 15.5 Å². The first-order valence-corrected chi connectivity index (χ1v) is 12.2. The first-order chi connectivity index (χ1) is 18.5. The smallest absolute Gasteiger partial charge is 0.337 e. The molecule has 2 aromatic carbocycles. The van der Waals surface area contributed by atoms with Gasteiger partial charge in [-0.25, -0.2) is 9.59 Å². The summed E-state index contributed by atoms with van der Waals surface area (Å²) in [7, 11) is 1.24. The van der Waals surface area contributed by atoms with Gasteiger partial charge in [-0.15, -0.1) is 0 Å². The molecule has 0 saturated carbocycles. The first-order valence-electron chi connectivity index (χ1n) is 11.4. The molecule has 14 nitrogen and oxygen atoms in total. The summed E-state index contributed by atoms with van der Waals surface area (Å²) in [5, 5.41) is 40.4. The summed E-state index contributed by atoms with van der Waals surface area (Å²) in [6, 6.07) is 6.08. The quantitative estimate of drug-likeness (QED) is 0.0832. The Bertz CT molecular complexity index is 1330. The maximum Gasteiger partial charge on any atom is 0.337 e. The van der Waals surface area contributed by atoms with Crippen LogP contribution in [0.4, 0.5) is 10.5 Å². The molecule has 2 aromatic rings. The van der Waals surface area contributed by atoms with Gasteiger partial charge in [-0.05, 0) is 37.6 Å². The average Bonchev–Trinajstić information content (AvgIpc) is 2.88. The number of methoxy groups -OCH3 is 1. The van der Waals surface area contributed by atoms with Gasteiger partial charge in [0.05, 0.1) is 36.5 Å². The number of halogens is 1. The summed E-state index contributed by atoms with van der Waals surface area (Å²) >= 11 is 3.13. The minimum atomic E-state index is -1.31. The topological polar surface area (TPSA) is 194 Å². The summed E-state index contributed by atoms with van der Waals surface area (Å²) in [6.07, 6.45) is -0.196. The van der Waals surface area contributed by atoms with Gasteiger partial charge >= 0.3 is 17.7 Å². The van der Waals surface area contributed by atoms with Gasteiger partial charge in [0, 0.05) is 21.8 Å². The molecule has 0 unspecified atom stereocenters. The van der Waals surface area contributed by atoms with Crippen LogP contribution in [-0.4, -0.2) is 59.9 Å². The summed E-state index contributed by atoms with van der Waals surface area (Å²) < 4.78 is 16.6. The van der Waals surface area contributed by atoms with Crippen LogP contribution in [0.1, 0.15) is 31.0 Å². The van der Waals surface area contributed by atoms with Crippen LogP contribution in [-0.2, 0) is 9.53 Å². The molecule has 0 radical (unpaired) electrons. The van der Waals surface area contributed by atoms with Crippen molar-refractivity contribution in [1.82, 2.24) is 16.1 Å². The van der Waals surface area contributed by atoms with Crippen molar-refractivity contribution >= 4 is 39.8 Å². The molecule has 0 aliphatic carbocycles. The van der Waals surface area contributed by atoms with Crippen LogP contribution >= 0.6 is 15.9 Å². The molecule has 0 saturated heterocycles. The molecule has 208 valence electrons. The van der Waals surface area contributed by atoms with Crippen molar-refractivity contribution in [3.63, 3.8) is 0 Å². The molecule has 2 amide bonds. The summed E-state index contributed by atoms with van der Waals surface area (Å²) in [6.45, 7) is 3.36. The van der Waals surface area contributed by atoms with E-state index in [1.807, 2.05) is 0 Å². The second-order valence-electron chi connectivity index (χ2n) is 8.03. The Morgan fingerprint density at radius 2 is 2.05 bits per heavy atom. The third kappa shape index (κ3) is 7.14. The highest BCUT2D eigenvalue weighted by Crippen LogP contribution is 2.35. The van der Waals surface area contributed by atoms with E-state index in [0.29, 0.717) is 21.5 Å². The Morgan fingerprint density at radius 1 is 1.31 bits per heavy atom. The Balaban J connectivity index is 1.72. The number of phenols is 1. The fourth-order valence-electron chi connectivity index (χ4n) is 3.66. The molecular formula is C24H26BrN5O9. The van der Waals surface area contributed by atoms with Gasteiger partial charge in [0.1, 0.15) is 6.61 Å². The van der Waals surface area contributed by atoms with Crippen molar-refractivity contribution in [2.24, 2.45) is 5.10 Å². The van der Waals surface area contributed by atoms with E-state index in [-0.39, 0.29) is 30.1 Å². The Morgan fingerprint density at radius 3 is 2.72 bits per heavy atom. The molecule has 0 fully saturated rings. The maximum atomic E-state index is 12.4. The van der Waals surface area contributed by atoms with Crippen LogP contribution in [0.3, 0.4) is 0 Å². The Labute approximate surface area is 230 Å². The number of hydrogen-bond donors (Lipinski definition) is 5. The zero-order valence-corrected chi connectivity index (χ0v) is 22.6. The highest BCUT2D eigenvalue weighted by Gasteiger charge is 2.32. The van der Waals surface area contributed by atoms with Crippen molar-refractivity contribution in [3.8, 4) is 17.2 Å². The fraction of sp³-hybridized carbons (Fsp3) is 0.292. The molecule has 1 aliphatic heterocycles. The van der Waals surface area contributed by atoms with E-state index in [1.54, 1.807) is 32.0 Å². The highest BCUT2D eigenvalue weighted by atomic mass is 79.9. The molecular weight excluding hydrogens is 582 g/mol. The predicted octanol–water partition coefficient (Wildman–Crippen LogP) is 2.58. The molecule has 39 heavy (non-hydrogen) atoms. The van der Waals surface area contributed by atoms with E-state index in [1.165, 1.54) is 13.2 Å². The Kier molecular flexibility index (Phi) is 9.68. The van der Waals surface area contributed by atoms with Gasteiger partial charge in [-0.1, -0.05) is 22.0 Å². The number of ether oxygens (including phenoxy) is 3. The second kappa shape index (κ2) is 12.9. The number of nitrogens with one attached hydrogen (secondary N) is 3. The van der Waals surface area contributed by atoms with Crippen LogP contribution in [0.25, 0.3) is 0 Å². The van der Waals surface area contributed by atoms with Crippen molar-refractivity contribution in [2.45, 2.75) is 26.1 Å². The molecule has 0 bridgehead atoms. The van der Waals surface area contributed by atoms with Crippen molar-refractivity contribution < 1.29 is 38.9 Å². The van der Waals surface area contributed by atoms with Crippen LogP contribution < -0.4 is 25.5 Å². The number of aliphatic hydroxyl groups is 1. The van der Waals surface area contributed by atoms with E-state index in [2.05, 4.69) is 37.1 Å². The molecule has 5 N–H and O–H groups in total. The van der Waals surface area contributed by atoms with Crippen LogP contribution in [0.15, 0.2) is 51.2 Å². The summed E-state index contributed by atoms with van der Waals surface area (Å²) in [5.74, 6) is -0.618. The predicted molar refractivity (Wildman–Crippen MR) is 141 cm³/mol. The molecule has 0 spiro atoms. The first kappa shape index (κ1) is 29.2. The lowest BCUT2D eigenvalue weighted by Gasteiger charge is -2.28. The van der Waals surface area contributed by atoms with Gasteiger partial charge in [-0.2, -0.15) is 5.10 Å². The number of nitro groups is 1. The number of aliphatic hydroxyl groups excluding tert-OH is 1. The summed E-state index contributed by atoms with van der Waals surface area (Å²) in [5.41, 5.74) is 3.06. The number of benzene rings is 2. The van der Waals surface area contributed by atoms with Gasteiger partial charge in [0.25, 0.3) is 0 Å². The number of aromatic hydroxyl groups is 1. The molecule has 0 aromatic heterocycles. The number of carbonyl (C=O) groups excluding carboxylic acids is 2. The SMILES string of the molecule is CCOc1cc([C@H]2NC(=O)NC(C)=C2C(=O)OC)ccc1OC[C@@H](O)N/N=C/c1cc(Br)cc([N+](=O)[O-])c1O. The standard InChI is InChI=1S/C24H26BrN5O9/c1-4-38-18-8-13(21-20(23(33)37-3)12(2)27-24(34)28-21)5-6-17(18)39-11-19(31)29-26-10-14-7-15(25)9-16(22(14)32)30(35)36/h5-10,19,21,29,31-32H,4,11H2,1-3H3,(H2,27,28,34)/b26-10+/t19-,21-/m1/s1. The van der Waals surface area contributed by atoms with E-state index in [4.69, 9.17) is 14.2 Å². The third-order valence-electron chi connectivity index (χ3n) is 5.38. The number of nitro benzene ring substituents is 1. The number of amides is 2. The normalized spacial score (nSPS) is 15.8. The molecule has 15 heteroatoms. The number of rotatable bonds is 11. The van der Waals surface area contributed by atoms with E-state index in [0.717, 1.165) is 12.3 Å². The fourth-order valence-corrected chi connectivity index (χ4v) is 4.12. The Hall–Kier alpha value is -4.37.